The number of hydrogen-bond donors (Lipinski definition) is 2. The fourth-order valence-electron chi connectivity index (χ4n) is 4.10. The SMILES string of the molecule is Cc1nc2ccc(NC(=O)CN3C(=O)N[C@@]4(CCCC[C@H]4C)C3=O)cc2s1. The zero-order valence-electron chi connectivity index (χ0n) is 15.4. The van der Waals surface area contributed by atoms with Crippen molar-refractivity contribution in [3.63, 3.8) is 0 Å². The topological polar surface area (TPSA) is 91.4 Å². The van der Waals surface area contributed by atoms with Gasteiger partial charge in [0, 0.05) is 5.69 Å². The lowest BCUT2D eigenvalue weighted by molar-refractivity contribution is -0.136. The van der Waals surface area contributed by atoms with Gasteiger partial charge >= 0.3 is 6.03 Å². The third-order valence-corrected chi connectivity index (χ3v) is 6.52. The quantitative estimate of drug-likeness (QED) is 0.793. The van der Waals surface area contributed by atoms with Gasteiger partial charge in [-0.15, -0.1) is 11.3 Å². The van der Waals surface area contributed by atoms with Gasteiger partial charge in [-0.25, -0.2) is 9.78 Å². The lowest BCUT2D eigenvalue weighted by Crippen LogP contribution is -2.54. The Balaban J connectivity index is 1.47. The molecule has 7 nitrogen and oxygen atoms in total. The van der Waals surface area contributed by atoms with Crippen molar-refractivity contribution >= 4 is 45.1 Å². The molecule has 2 atom stereocenters. The van der Waals surface area contributed by atoms with Gasteiger partial charge in [0.25, 0.3) is 5.91 Å². The van der Waals surface area contributed by atoms with Crippen molar-refractivity contribution in [2.75, 3.05) is 11.9 Å². The molecule has 1 aliphatic heterocycles. The number of aromatic nitrogens is 1. The lowest BCUT2D eigenvalue weighted by Gasteiger charge is -2.36. The monoisotopic (exact) mass is 386 g/mol. The molecule has 4 rings (SSSR count). The van der Waals surface area contributed by atoms with Crippen LogP contribution in [0.5, 0.6) is 0 Å². The maximum Gasteiger partial charge on any atom is 0.325 e. The third kappa shape index (κ3) is 3.07. The molecule has 142 valence electrons. The molecule has 0 radical (unpaired) electrons. The second kappa shape index (κ2) is 6.60. The number of fused-ring (bicyclic) bond motifs is 1. The van der Waals surface area contributed by atoms with Gasteiger partial charge in [0.05, 0.1) is 15.2 Å². The molecule has 27 heavy (non-hydrogen) atoms. The minimum absolute atomic E-state index is 0.0766. The van der Waals surface area contributed by atoms with Crippen LogP contribution >= 0.6 is 11.3 Å². The van der Waals surface area contributed by atoms with Crippen LogP contribution in [0.3, 0.4) is 0 Å². The van der Waals surface area contributed by atoms with Gasteiger partial charge in [-0.1, -0.05) is 19.8 Å². The normalized spacial score (nSPS) is 25.3. The largest absolute Gasteiger partial charge is 0.325 e. The number of nitrogens with one attached hydrogen (secondary N) is 2. The van der Waals surface area contributed by atoms with E-state index in [1.54, 1.807) is 17.4 Å². The number of aryl methyl sites for hydroxylation is 1. The van der Waals surface area contributed by atoms with E-state index < -0.39 is 11.6 Å². The Kier molecular flexibility index (Phi) is 4.38. The van der Waals surface area contributed by atoms with Crippen LogP contribution in [0, 0.1) is 12.8 Å². The molecule has 1 saturated heterocycles. The number of carbonyl (C=O) groups excluding carboxylic acids is 3. The summed E-state index contributed by atoms with van der Waals surface area (Å²) in [6.45, 7) is 3.65. The summed E-state index contributed by atoms with van der Waals surface area (Å²) in [6.07, 6.45) is 3.51. The summed E-state index contributed by atoms with van der Waals surface area (Å²) >= 11 is 1.55. The number of imide groups is 1. The first-order valence-electron chi connectivity index (χ1n) is 9.20. The van der Waals surface area contributed by atoms with E-state index in [0.717, 1.165) is 39.4 Å². The average molecular weight is 386 g/mol. The summed E-state index contributed by atoms with van der Waals surface area (Å²) in [7, 11) is 0. The fourth-order valence-corrected chi connectivity index (χ4v) is 4.97. The van der Waals surface area contributed by atoms with Crippen molar-refractivity contribution in [3.8, 4) is 0 Å². The highest BCUT2D eigenvalue weighted by Gasteiger charge is 2.55. The number of benzene rings is 1. The zero-order valence-corrected chi connectivity index (χ0v) is 16.2. The predicted molar refractivity (Wildman–Crippen MR) is 104 cm³/mol. The molecule has 1 aromatic heterocycles. The van der Waals surface area contributed by atoms with Crippen LogP contribution in [-0.2, 0) is 9.59 Å². The summed E-state index contributed by atoms with van der Waals surface area (Å²) in [5, 5.41) is 6.60. The predicted octanol–water partition coefficient (Wildman–Crippen LogP) is 3.04. The zero-order chi connectivity index (χ0) is 19.2. The van der Waals surface area contributed by atoms with Crippen molar-refractivity contribution < 1.29 is 14.4 Å². The highest BCUT2D eigenvalue weighted by Crippen LogP contribution is 2.38. The number of carbonyl (C=O) groups is 3. The molecule has 2 aliphatic rings. The van der Waals surface area contributed by atoms with Crippen molar-refractivity contribution in [1.82, 2.24) is 15.2 Å². The average Bonchev–Trinajstić information content (AvgIpc) is 3.10. The first-order chi connectivity index (χ1) is 12.9. The van der Waals surface area contributed by atoms with E-state index in [1.807, 2.05) is 26.0 Å². The Morgan fingerprint density at radius 2 is 2.22 bits per heavy atom. The highest BCUT2D eigenvalue weighted by atomic mass is 32.1. The number of hydrogen-bond acceptors (Lipinski definition) is 5. The molecular weight excluding hydrogens is 364 g/mol. The number of rotatable bonds is 3. The maximum absolute atomic E-state index is 12.9. The molecule has 8 heteroatoms. The Hall–Kier alpha value is -2.48. The number of amides is 4. The molecule has 0 unspecified atom stereocenters. The van der Waals surface area contributed by atoms with Crippen LogP contribution in [0.15, 0.2) is 18.2 Å². The number of thiazole rings is 1. The molecule has 1 aromatic carbocycles. The minimum Gasteiger partial charge on any atom is -0.324 e. The first-order valence-corrected chi connectivity index (χ1v) is 10.0. The van der Waals surface area contributed by atoms with Crippen molar-refractivity contribution in [1.29, 1.82) is 0 Å². The highest BCUT2D eigenvalue weighted by molar-refractivity contribution is 7.18. The van der Waals surface area contributed by atoms with Crippen LogP contribution in [0.4, 0.5) is 10.5 Å². The smallest absolute Gasteiger partial charge is 0.324 e. The Morgan fingerprint density at radius 1 is 1.41 bits per heavy atom. The summed E-state index contributed by atoms with van der Waals surface area (Å²) < 4.78 is 0.982. The summed E-state index contributed by atoms with van der Waals surface area (Å²) in [4.78, 5) is 43.2. The summed E-state index contributed by atoms with van der Waals surface area (Å²) in [5.74, 6) is -0.587. The van der Waals surface area contributed by atoms with Crippen molar-refractivity contribution in [3.05, 3.63) is 23.2 Å². The molecule has 2 aromatic rings. The molecule has 0 bridgehead atoms. The second-order valence-corrected chi connectivity index (χ2v) is 8.64. The summed E-state index contributed by atoms with van der Waals surface area (Å²) in [6, 6.07) is 5.00. The van der Waals surface area contributed by atoms with E-state index >= 15 is 0 Å². The summed E-state index contributed by atoms with van der Waals surface area (Å²) in [5.41, 5.74) is 0.677. The molecule has 2 heterocycles. The van der Waals surface area contributed by atoms with E-state index in [-0.39, 0.29) is 24.3 Å². The van der Waals surface area contributed by atoms with Crippen molar-refractivity contribution in [2.45, 2.75) is 45.1 Å². The van der Waals surface area contributed by atoms with Crippen molar-refractivity contribution in [2.24, 2.45) is 5.92 Å². The fraction of sp³-hybridized carbons (Fsp3) is 0.474. The lowest BCUT2D eigenvalue weighted by atomic mass is 9.73. The molecule has 2 fully saturated rings. The molecule has 4 amide bonds. The van der Waals surface area contributed by atoms with Crippen LogP contribution in [0.1, 0.15) is 37.6 Å². The first kappa shape index (κ1) is 17.9. The van der Waals surface area contributed by atoms with Gasteiger partial charge in [0.15, 0.2) is 0 Å². The van der Waals surface area contributed by atoms with Crippen LogP contribution < -0.4 is 10.6 Å². The third-order valence-electron chi connectivity index (χ3n) is 5.58. The van der Waals surface area contributed by atoms with Gasteiger partial charge in [-0.2, -0.15) is 0 Å². The maximum atomic E-state index is 12.9. The molecular formula is C19H22N4O3S. The number of anilines is 1. The molecule has 1 spiro atoms. The van der Waals surface area contributed by atoms with Gasteiger partial charge < -0.3 is 10.6 Å². The van der Waals surface area contributed by atoms with E-state index in [9.17, 15) is 14.4 Å². The van der Waals surface area contributed by atoms with Gasteiger partial charge in [0.1, 0.15) is 12.1 Å². The number of urea groups is 1. The standard InChI is InChI=1S/C19H22N4O3S/c1-11-5-3-4-8-19(11)17(25)23(18(26)22-19)10-16(24)21-13-6-7-14-15(9-13)27-12(2)20-14/h6-7,9,11H,3-5,8,10H2,1-2H3,(H,21,24)(H,22,26)/t11-,19-/m1/s1. The van der Waals surface area contributed by atoms with Crippen LogP contribution in [-0.4, -0.2) is 39.8 Å². The van der Waals surface area contributed by atoms with Gasteiger partial charge in [0.2, 0.25) is 5.91 Å². The molecule has 1 aliphatic carbocycles. The van der Waals surface area contributed by atoms with Crippen LogP contribution in [0.2, 0.25) is 0 Å². The molecule has 1 saturated carbocycles. The van der Waals surface area contributed by atoms with E-state index in [4.69, 9.17) is 0 Å². The van der Waals surface area contributed by atoms with E-state index in [0.29, 0.717) is 12.1 Å². The van der Waals surface area contributed by atoms with Gasteiger partial charge in [-0.3, -0.25) is 14.5 Å². The molecule has 2 N–H and O–H groups in total. The second-order valence-electron chi connectivity index (χ2n) is 7.40. The number of nitrogens with zero attached hydrogens (tertiary/aromatic N) is 2. The minimum atomic E-state index is -0.839. The van der Waals surface area contributed by atoms with Crippen LogP contribution in [0.25, 0.3) is 10.2 Å². The Morgan fingerprint density at radius 3 is 3.00 bits per heavy atom. The Bertz CT molecular complexity index is 940. The van der Waals surface area contributed by atoms with E-state index in [1.165, 1.54) is 0 Å². The van der Waals surface area contributed by atoms with Gasteiger partial charge in [-0.05, 0) is 43.9 Å². The van der Waals surface area contributed by atoms with E-state index in [2.05, 4.69) is 15.6 Å². The Labute approximate surface area is 161 Å².